The molecule has 0 amide bonds. The van der Waals surface area contributed by atoms with E-state index in [0.29, 0.717) is 6.61 Å². The van der Waals surface area contributed by atoms with Gasteiger partial charge in [-0.15, -0.1) is 0 Å². The van der Waals surface area contributed by atoms with Crippen LogP contribution in [0.4, 0.5) is 0 Å². The molecule has 0 radical (unpaired) electrons. The van der Waals surface area contributed by atoms with Gasteiger partial charge in [0, 0.05) is 12.6 Å². The molecule has 1 N–H and O–H groups in total. The lowest BCUT2D eigenvalue weighted by molar-refractivity contribution is 0.338. The smallest absolute Gasteiger partial charge is 0.131 e. The lowest BCUT2D eigenvalue weighted by Crippen LogP contribution is -2.04. The van der Waals surface area contributed by atoms with Gasteiger partial charge in [-0.2, -0.15) is 0 Å². The summed E-state index contributed by atoms with van der Waals surface area (Å²) in [5.74, 6) is 2.44. The molecule has 19 heavy (non-hydrogen) atoms. The number of hydrogen-bond donors (Lipinski definition) is 1. The van der Waals surface area contributed by atoms with E-state index < -0.39 is 0 Å². The zero-order chi connectivity index (χ0) is 13.5. The zero-order valence-electron chi connectivity index (χ0n) is 11.3. The minimum Gasteiger partial charge on any atom is -0.494 e. The van der Waals surface area contributed by atoms with Gasteiger partial charge in [-0.25, -0.2) is 0 Å². The van der Waals surface area contributed by atoms with Crippen molar-refractivity contribution >= 4 is 0 Å². The Morgan fingerprint density at radius 2 is 1.63 bits per heavy atom. The molecule has 0 bridgehead atoms. The van der Waals surface area contributed by atoms with Crippen molar-refractivity contribution in [3.63, 3.8) is 0 Å². The maximum Gasteiger partial charge on any atom is 0.131 e. The number of ether oxygens (including phenoxy) is 2. The van der Waals surface area contributed by atoms with Crippen molar-refractivity contribution in [2.24, 2.45) is 0 Å². The average molecular weight is 257 g/mol. The highest BCUT2D eigenvalue weighted by atomic mass is 16.5. The summed E-state index contributed by atoms with van der Waals surface area (Å²) in [6.45, 7) is 3.45. The van der Waals surface area contributed by atoms with Crippen molar-refractivity contribution in [2.45, 2.75) is 13.5 Å². The molecule has 0 aliphatic carbocycles. The van der Waals surface area contributed by atoms with E-state index in [1.54, 1.807) is 0 Å². The molecule has 0 unspecified atom stereocenters. The predicted octanol–water partition coefficient (Wildman–Crippen LogP) is 3.60. The Hall–Kier alpha value is -2.00. The van der Waals surface area contributed by atoms with Crippen molar-refractivity contribution < 1.29 is 9.47 Å². The van der Waals surface area contributed by atoms with Gasteiger partial charge in [0.1, 0.15) is 17.2 Å². The Labute approximate surface area is 114 Å². The van der Waals surface area contributed by atoms with Crippen LogP contribution in [-0.2, 0) is 6.54 Å². The van der Waals surface area contributed by atoms with E-state index >= 15 is 0 Å². The van der Waals surface area contributed by atoms with E-state index in [4.69, 9.17) is 9.47 Å². The maximum absolute atomic E-state index is 5.84. The number of nitrogens with one attached hydrogen (secondary N) is 1. The molecule has 0 atom stereocenters. The van der Waals surface area contributed by atoms with Gasteiger partial charge in [-0.3, -0.25) is 0 Å². The first kappa shape index (κ1) is 13.4. The summed E-state index contributed by atoms with van der Waals surface area (Å²) in [6.07, 6.45) is 0. The summed E-state index contributed by atoms with van der Waals surface area (Å²) < 4.78 is 11.3. The Morgan fingerprint density at radius 3 is 2.37 bits per heavy atom. The van der Waals surface area contributed by atoms with Gasteiger partial charge in [0.25, 0.3) is 0 Å². The van der Waals surface area contributed by atoms with Gasteiger partial charge in [-0.05, 0) is 43.8 Å². The second kappa shape index (κ2) is 6.81. The van der Waals surface area contributed by atoms with Crippen molar-refractivity contribution in [3.8, 4) is 17.2 Å². The summed E-state index contributed by atoms with van der Waals surface area (Å²) in [5, 5.41) is 3.13. The molecule has 100 valence electrons. The first-order valence-corrected chi connectivity index (χ1v) is 6.46. The summed E-state index contributed by atoms with van der Waals surface area (Å²) in [4.78, 5) is 0. The van der Waals surface area contributed by atoms with Crippen LogP contribution < -0.4 is 14.8 Å². The molecule has 3 heteroatoms. The van der Waals surface area contributed by atoms with Crippen LogP contribution in [0.1, 0.15) is 12.5 Å². The first-order valence-electron chi connectivity index (χ1n) is 6.46. The van der Waals surface area contributed by atoms with Crippen molar-refractivity contribution in [1.29, 1.82) is 0 Å². The molecular formula is C16H19NO2. The SMILES string of the molecule is CCOc1cccc(Oc2cccc(CNC)c2)c1. The summed E-state index contributed by atoms with van der Waals surface area (Å²) >= 11 is 0. The standard InChI is InChI=1S/C16H19NO2/c1-3-18-14-7-5-9-16(11-14)19-15-8-4-6-13(10-15)12-17-2/h4-11,17H,3,12H2,1-2H3. The summed E-state index contributed by atoms with van der Waals surface area (Å²) in [6, 6.07) is 15.7. The van der Waals surface area contributed by atoms with Crippen LogP contribution in [0, 0.1) is 0 Å². The molecule has 0 aliphatic rings. The van der Waals surface area contributed by atoms with Crippen molar-refractivity contribution in [1.82, 2.24) is 5.32 Å². The molecule has 3 nitrogen and oxygen atoms in total. The Morgan fingerprint density at radius 1 is 0.947 bits per heavy atom. The minimum absolute atomic E-state index is 0.654. The maximum atomic E-state index is 5.84. The van der Waals surface area contributed by atoms with Gasteiger partial charge >= 0.3 is 0 Å². The third-order valence-electron chi connectivity index (χ3n) is 2.63. The first-order chi connectivity index (χ1) is 9.31. The minimum atomic E-state index is 0.654. The van der Waals surface area contributed by atoms with E-state index in [9.17, 15) is 0 Å². The molecule has 0 saturated carbocycles. The quantitative estimate of drug-likeness (QED) is 0.857. The fraction of sp³-hybridized carbons (Fsp3) is 0.250. The van der Waals surface area contributed by atoms with E-state index in [2.05, 4.69) is 11.4 Å². The largest absolute Gasteiger partial charge is 0.494 e. The topological polar surface area (TPSA) is 30.5 Å². The molecule has 2 aromatic carbocycles. The van der Waals surface area contributed by atoms with Crippen molar-refractivity contribution in [3.05, 3.63) is 54.1 Å². The number of benzene rings is 2. The zero-order valence-corrected chi connectivity index (χ0v) is 11.3. The van der Waals surface area contributed by atoms with Crippen LogP contribution in [0.25, 0.3) is 0 Å². The molecule has 0 fully saturated rings. The van der Waals surface area contributed by atoms with Crippen LogP contribution in [0.2, 0.25) is 0 Å². The number of rotatable bonds is 6. The van der Waals surface area contributed by atoms with Gasteiger partial charge in [0.15, 0.2) is 0 Å². The molecule has 0 saturated heterocycles. The molecular weight excluding hydrogens is 238 g/mol. The lowest BCUT2D eigenvalue weighted by Gasteiger charge is -2.09. The Kier molecular flexibility index (Phi) is 4.81. The van der Waals surface area contributed by atoms with Gasteiger partial charge in [0.05, 0.1) is 6.61 Å². The fourth-order valence-electron chi connectivity index (χ4n) is 1.85. The highest BCUT2D eigenvalue weighted by Crippen LogP contribution is 2.25. The molecule has 0 heterocycles. The van der Waals surface area contributed by atoms with E-state index in [1.807, 2.05) is 56.4 Å². The predicted molar refractivity (Wildman–Crippen MR) is 76.9 cm³/mol. The molecule has 2 aromatic rings. The fourth-order valence-corrected chi connectivity index (χ4v) is 1.85. The van der Waals surface area contributed by atoms with Crippen LogP contribution in [-0.4, -0.2) is 13.7 Å². The van der Waals surface area contributed by atoms with Crippen LogP contribution >= 0.6 is 0 Å². The van der Waals surface area contributed by atoms with E-state index in [0.717, 1.165) is 23.8 Å². The third kappa shape index (κ3) is 4.00. The monoisotopic (exact) mass is 257 g/mol. The van der Waals surface area contributed by atoms with Crippen LogP contribution in [0.15, 0.2) is 48.5 Å². The van der Waals surface area contributed by atoms with Gasteiger partial charge in [-0.1, -0.05) is 18.2 Å². The summed E-state index contributed by atoms with van der Waals surface area (Å²) in [7, 11) is 1.93. The third-order valence-corrected chi connectivity index (χ3v) is 2.63. The van der Waals surface area contributed by atoms with E-state index in [-0.39, 0.29) is 0 Å². The second-order valence-electron chi connectivity index (χ2n) is 4.19. The molecule has 0 aromatic heterocycles. The average Bonchev–Trinajstić information content (AvgIpc) is 2.40. The molecule has 2 rings (SSSR count). The Balaban J connectivity index is 2.11. The van der Waals surface area contributed by atoms with Crippen LogP contribution in [0.5, 0.6) is 17.2 Å². The number of hydrogen-bond acceptors (Lipinski definition) is 3. The second-order valence-corrected chi connectivity index (χ2v) is 4.19. The van der Waals surface area contributed by atoms with E-state index in [1.165, 1.54) is 5.56 Å². The van der Waals surface area contributed by atoms with Gasteiger partial charge in [0.2, 0.25) is 0 Å². The normalized spacial score (nSPS) is 10.2. The highest BCUT2D eigenvalue weighted by molar-refractivity contribution is 5.38. The summed E-state index contributed by atoms with van der Waals surface area (Å²) in [5.41, 5.74) is 1.20. The lowest BCUT2D eigenvalue weighted by atomic mass is 10.2. The molecule has 0 aliphatic heterocycles. The Bertz CT molecular complexity index is 478. The van der Waals surface area contributed by atoms with Crippen LogP contribution in [0.3, 0.4) is 0 Å². The van der Waals surface area contributed by atoms with Crippen molar-refractivity contribution in [2.75, 3.05) is 13.7 Å². The highest BCUT2D eigenvalue weighted by Gasteiger charge is 2.00. The molecule has 0 spiro atoms. The van der Waals surface area contributed by atoms with Gasteiger partial charge < -0.3 is 14.8 Å².